The van der Waals surface area contributed by atoms with Gasteiger partial charge in [-0.1, -0.05) is 84.9 Å². The van der Waals surface area contributed by atoms with E-state index in [4.69, 9.17) is 8.75 Å². The van der Waals surface area contributed by atoms with Crippen molar-refractivity contribution in [1.29, 1.82) is 5.41 Å². The van der Waals surface area contributed by atoms with E-state index in [1.807, 2.05) is 59.5 Å². The lowest BCUT2D eigenvalue weighted by atomic mass is 9.89. The van der Waals surface area contributed by atoms with Crippen LogP contribution in [-0.4, -0.2) is 28.9 Å². The van der Waals surface area contributed by atoms with Crippen LogP contribution in [0.25, 0.3) is 60.3 Å². The van der Waals surface area contributed by atoms with E-state index < -0.39 is 0 Å². The summed E-state index contributed by atoms with van der Waals surface area (Å²) >= 11 is 6.75. The van der Waals surface area contributed by atoms with E-state index in [9.17, 15) is 5.41 Å². The molecule has 0 radical (unpaired) electrons. The van der Waals surface area contributed by atoms with Crippen LogP contribution in [0.5, 0.6) is 0 Å². The van der Waals surface area contributed by atoms with Crippen molar-refractivity contribution in [2.24, 2.45) is 4.40 Å². The molecule has 0 aliphatic heterocycles. The molecular weight excluding hydrogens is 651 g/mol. The van der Waals surface area contributed by atoms with Crippen LogP contribution < -0.4 is 4.90 Å². The van der Waals surface area contributed by atoms with Crippen molar-refractivity contribution in [3.05, 3.63) is 139 Å². The van der Waals surface area contributed by atoms with E-state index in [0.717, 1.165) is 78.2 Å². The van der Waals surface area contributed by atoms with Crippen molar-refractivity contribution >= 4 is 108 Å². The van der Waals surface area contributed by atoms with Gasteiger partial charge in [0.1, 0.15) is 33.5 Å². The first-order valence-corrected chi connectivity index (χ1v) is 17.0. The number of anilines is 2. The number of rotatable bonds is 5. The Morgan fingerprint density at radius 1 is 0.604 bits per heavy atom. The second-order valence-corrected chi connectivity index (χ2v) is 12.6. The fraction of sp³-hybridized carbons (Fsp3) is 0. The zero-order valence-corrected chi connectivity index (χ0v) is 27.6. The minimum absolute atomic E-state index is 0.226. The van der Waals surface area contributed by atoms with Gasteiger partial charge < -0.3 is 4.90 Å². The second-order valence-electron chi connectivity index (χ2n) is 11.4. The topological polar surface area (TPSA) is 91.0 Å². The highest BCUT2D eigenvalue weighted by atomic mass is 32.1. The predicted octanol–water partition coefficient (Wildman–Crippen LogP) is 10.1. The van der Waals surface area contributed by atoms with Crippen molar-refractivity contribution in [1.82, 2.24) is 17.5 Å². The molecule has 1 N–H and O–H groups in total. The van der Waals surface area contributed by atoms with Gasteiger partial charge in [-0.3, -0.25) is 5.41 Å². The van der Waals surface area contributed by atoms with E-state index in [1.165, 1.54) is 22.5 Å². The normalized spacial score (nSPS) is 14.3. The molecule has 2 heterocycles. The Morgan fingerprint density at radius 2 is 1.33 bits per heavy atom. The second kappa shape index (κ2) is 11.6. The van der Waals surface area contributed by atoms with Crippen LogP contribution >= 0.6 is 36.3 Å². The molecule has 8 aromatic rings. The molecule has 7 nitrogen and oxygen atoms in total. The quantitative estimate of drug-likeness (QED) is 0.108. The van der Waals surface area contributed by atoms with Crippen molar-refractivity contribution < 1.29 is 0 Å². The van der Waals surface area contributed by atoms with Crippen molar-refractivity contribution in [3.8, 4) is 11.1 Å². The number of hydrogen-bond donors (Lipinski definition) is 2. The van der Waals surface area contributed by atoms with Gasteiger partial charge in [-0.15, -0.1) is 0 Å². The van der Waals surface area contributed by atoms with Crippen molar-refractivity contribution in [3.63, 3.8) is 0 Å². The maximum absolute atomic E-state index is 9.63. The van der Waals surface area contributed by atoms with Gasteiger partial charge in [-0.2, -0.15) is 17.5 Å². The standard InChI is InChI=1S/C38H23N7S3/c39-34-31(19-17-28(35(34)40-46)25-16-15-24-14-13-23-9-4-5-10-26(23)29(24)21-25)45(32-12-6-11-30-37(32)43-47-41-30)33-20-18-27(22-7-2-1-3-8-22)36-38(33)44-48-42-36/h1-21,39,46H/b39-34?,40-35-. The monoisotopic (exact) mass is 673 g/mol. The van der Waals surface area contributed by atoms with Gasteiger partial charge in [0.25, 0.3) is 0 Å². The molecule has 0 bridgehead atoms. The summed E-state index contributed by atoms with van der Waals surface area (Å²) in [5, 5.41) is 14.3. The van der Waals surface area contributed by atoms with Crippen LogP contribution in [0.15, 0.2) is 138 Å². The summed E-state index contributed by atoms with van der Waals surface area (Å²) in [5.74, 6) is 0. The third kappa shape index (κ3) is 4.56. The Morgan fingerprint density at radius 3 is 2.21 bits per heavy atom. The van der Waals surface area contributed by atoms with E-state index in [0.29, 0.717) is 11.4 Å². The maximum Gasteiger partial charge on any atom is 0.129 e. The maximum atomic E-state index is 9.63. The molecule has 6 aromatic carbocycles. The van der Waals surface area contributed by atoms with Crippen LogP contribution in [0.4, 0.5) is 11.4 Å². The Balaban J connectivity index is 1.25. The van der Waals surface area contributed by atoms with E-state index in [1.54, 1.807) is 0 Å². The fourth-order valence-electron chi connectivity index (χ4n) is 6.52. The van der Waals surface area contributed by atoms with Gasteiger partial charge in [0.05, 0.1) is 40.5 Å². The Hall–Kier alpha value is -5.55. The SMILES string of the molecule is N=C1C(N(c2cccc3nsnc23)c2ccc(-c3ccccc3)c3nsnc23)=CC=C(c2ccc3ccc4ccccc4c3c2)/C1=N/S. The van der Waals surface area contributed by atoms with Crippen LogP contribution in [-0.2, 0) is 0 Å². The molecule has 48 heavy (non-hydrogen) atoms. The highest BCUT2D eigenvalue weighted by Crippen LogP contribution is 2.42. The highest BCUT2D eigenvalue weighted by Gasteiger charge is 2.30. The third-order valence-corrected chi connectivity index (χ3v) is 10.1. The zero-order valence-electron chi connectivity index (χ0n) is 25.1. The summed E-state index contributed by atoms with van der Waals surface area (Å²) in [7, 11) is 0. The predicted molar refractivity (Wildman–Crippen MR) is 204 cm³/mol. The largest absolute Gasteiger partial charge is 0.304 e. The fourth-order valence-corrected chi connectivity index (χ4v) is 7.84. The minimum atomic E-state index is 0.226. The zero-order chi connectivity index (χ0) is 32.2. The first kappa shape index (κ1) is 28.7. The number of nitrogens with zero attached hydrogens (tertiary/aromatic N) is 6. The molecule has 228 valence electrons. The van der Waals surface area contributed by atoms with Gasteiger partial charge in [-0.05, 0) is 88.0 Å². The summed E-state index contributed by atoms with van der Waals surface area (Å²) < 4.78 is 23.1. The first-order valence-electron chi connectivity index (χ1n) is 15.2. The molecule has 0 fully saturated rings. The molecule has 2 aromatic heterocycles. The number of nitrogens with one attached hydrogen (secondary N) is 1. The Kier molecular flexibility index (Phi) is 6.93. The molecule has 10 heteroatoms. The molecule has 0 spiro atoms. The number of aromatic nitrogens is 4. The van der Waals surface area contributed by atoms with Crippen LogP contribution in [0.1, 0.15) is 5.56 Å². The molecule has 0 saturated carbocycles. The lowest BCUT2D eigenvalue weighted by Crippen LogP contribution is -2.30. The number of hydrogen-bond acceptors (Lipinski definition) is 10. The van der Waals surface area contributed by atoms with Gasteiger partial charge in [0.2, 0.25) is 0 Å². The van der Waals surface area contributed by atoms with Crippen molar-refractivity contribution in [2.75, 3.05) is 4.90 Å². The average Bonchev–Trinajstić information content (AvgIpc) is 3.84. The summed E-state index contributed by atoms with van der Waals surface area (Å²) in [6.07, 6.45) is 4.00. The molecule has 9 rings (SSSR count). The first-order chi connectivity index (χ1) is 23.7. The van der Waals surface area contributed by atoms with Crippen molar-refractivity contribution in [2.45, 2.75) is 0 Å². The summed E-state index contributed by atoms with van der Waals surface area (Å²) in [5.41, 5.74) is 9.75. The Bertz CT molecular complexity index is 2670. The molecule has 0 amide bonds. The van der Waals surface area contributed by atoms with E-state index in [2.05, 4.69) is 98.8 Å². The van der Waals surface area contributed by atoms with Crippen LogP contribution in [0.3, 0.4) is 0 Å². The number of benzene rings is 6. The average molecular weight is 674 g/mol. The summed E-state index contributed by atoms with van der Waals surface area (Å²) in [4.78, 5) is 2.03. The number of thiol groups is 1. The van der Waals surface area contributed by atoms with E-state index >= 15 is 0 Å². The lowest BCUT2D eigenvalue weighted by Gasteiger charge is -2.31. The smallest absolute Gasteiger partial charge is 0.129 e. The van der Waals surface area contributed by atoms with E-state index in [-0.39, 0.29) is 5.71 Å². The minimum Gasteiger partial charge on any atom is -0.304 e. The molecule has 1 aliphatic rings. The molecular formula is C38H23N7S3. The molecule has 0 saturated heterocycles. The van der Waals surface area contributed by atoms with Gasteiger partial charge in [0.15, 0.2) is 0 Å². The Labute approximate surface area is 288 Å². The molecule has 1 aliphatic carbocycles. The molecule has 0 atom stereocenters. The number of fused-ring (bicyclic) bond motifs is 5. The third-order valence-electron chi connectivity index (χ3n) is 8.78. The van der Waals surface area contributed by atoms with Gasteiger partial charge in [-0.25, -0.2) is 4.40 Å². The lowest BCUT2D eigenvalue weighted by molar-refractivity contribution is 1.24. The van der Waals surface area contributed by atoms with Gasteiger partial charge in [0, 0.05) is 11.1 Å². The highest BCUT2D eigenvalue weighted by molar-refractivity contribution is 7.79. The van der Waals surface area contributed by atoms with Crippen LogP contribution in [0.2, 0.25) is 0 Å². The number of allylic oxidation sites excluding steroid dienone is 4. The molecule has 0 unspecified atom stereocenters. The summed E-state index contributed by atoms with van der Waals surface area (Å²) in [6.45, 7) is 0. The van der Waals surface area contributed by atoms with Crippen LogP contribution in [0, 0.1) is 5.41 Å². The summed E-state index contributed by atoms with van der Waals surface area (Å²) in [6, 6.07) is 39.3. The van der Waals surface area contributed by atoms with Gasteiger partial charge >= 0.3 is 0 Å².